The van der Waals surface area contributed by atoms with Crippen molar-refractivity contribution < 1.29 is 9.47 Å². The van der Waals surface area contributed by atoms with Crippen molar-refractivity contribution in [2.24, 2.45) is 0 Å². The molecule has 0 saturated carbocycles. The fraction of sp³-hybridized carbons (Fsp3) is 1.00. The van der Waals surface area contributed by atoms with Gasteiger partial charge in [0.05, 0.1) is 0 Å². The summed E-state index contributed by atoms with van der Waals surface area (Å²) in [5.74, 6) is 0. The Morgan fingerprint density at radius 3 is 1.14 bits per heavy atom. The van der Waals surface area contributed by atoms with Crippen LogP contribution in [0.2, 0.25) is 0 Å². The summed E-state index contributed by atoms with van der Waals surface area (Å²) >= 11 is 4.74. The molecule has 0 aliphatic heterocycles. The van der Waals surface area contributed by atoms with E-state index >= 15 is 0 Å². The standard InChI is InChI=1S/C3H9P.2HI.V/c1-4(2)3;;;/h1-3H3;2*1H;/q;;;+2/p-2. The van der Waals surface area contributed by atoms with Gasteiger partial charge >= 0.3 is 49.4 Å². The minimum absolute atomic E-state index is 0.380. The summed E-state index contributed by atoms with van der Waals surface area (Å²) in [6, 6.07) is 0. The van der Waals surface area contributed by atoms with E-state index in [9.17, 15) is 0 Å². The monoisotopic (exact) mass is 381 g/mol. The van der Waals surface area contributed by atoms with Gasteiger partial charge in [-0.25, -0.2) is 0 Å². The van der Waals surface area contributed by atoms with Crippen molar-refractivity contribution in [2.45, 2.75) is 0 Å². The Morgan fingerprint density at radius 1 is 1.14 bits per heavy atom. The molecule has 0 spiro atoms. The summed E-state index contributed by atoms with van der Waals surface area (Å²) in [7, 11) is 1.01. The second kappa shape index (κ2) is 11.3. The van der Waals surface area contributed by atoms with Crippen LogP contribution in [0.25, 0.3) is 0 Å². The summed E-state index contributed by atoms with van der Waals surface area (Å²) in [5.41, 5.74) is 0. The molecular formula is C3H9I2PV. The molecule has 0 bridgehead atoms. The Kier molecular flexibility index (Phi) is 19.7. The average Bonchev–Trinajstić information content (AvgIpc) is 1.33. The third-order valence-electron chi connectivity index (χ3n) is 0. The van der Waals surface area contributed by atoms with Crippen LogP contribution in [0.3, 0.4) is 0 Å². The SMILES string of the molecule is CP(C)C.[I][V][I]. The van der Waals surface area contributed by atoms with Crippen LogP contribution in [-0.2, 0) is 9.47 Å². The molecule has 0 aromatic rings. The number of hydrogen-bond donors (Lipinski definition) is 0. The zero-order chi connectivity index (χ0) is 6.28. The number of hydrogen-bond acceptors (Lipinski definition) is 0. The first-order valence-corrected chi connectivity index (χ1v) is 13.4. The summed E-state index contributed by atoms with van der Waals surface area (Å²) in [6.07, 6.45) is 0. The molecule has 0 radical (unpaired) electrons. The van der Waals surface area contributed by atoms with E-state index in [4.69, 9.17) is 0 Å². The van der Waals surface area contributed by atoms with E-state index in [0.717, 1.165) is 0 Å². The Hall–Kier alpha value is 2.47. The second-order valence-corrected chi connectivity index (χ2v) is 15.9. The van der Waals surface area contributed by atoms with Gasteiger partial charge in [0.2, 0.25) is 0 Å². The van der Waals surface area contributed by atoms with Crippen LogP contribution in [0.5, 0.6) is 0 Å². The average molecular weight is 381 g/mol. The van der Waals surface area contributed by atoms with Gasteiger partial charge in [-0.05, 0) is 20.0 Å². The molecule has 0 N–H and O–H groups in total. The molecule has 0 aromatic heterocycles. The maximum atomic E-state index is 2.37. The van der Waals surface area contributed by atoms with E-state index in [2.05, 4.69) is 60.0 Å². The van der Waals surface area contributed by atoms with Gasteiger partial charge in [0.25, 0.3) is 0 Å². The van der Waals surface area contributed by atoms with Crippen molar-refractivity contribution >= 4 is 47.9 Å². The van der Waals surface area contributed by atoms with Crippen molar-refractivity contribution in [2.75, 3.05) is 20.0 Å². The predicted octanol–water partition coefficient (Wildman–Crippen LogP) is 3.13. The molecule has 7 heavy (non-hydrogen) atoms. The summed E-state index contributed by atoms with van der Waals surface area (Å²) in [5, 5.41) is 0. The predicted molar refractivity (Wildman–Crippen MR) is 52.7 cm³/mol. The zero-order valence-corrected chi connectivity index (χ0v) is 11.3. The number of rotatable bonds is 0. The molecule has 0 rings (SSSR count). The first-order valence-electron chi connectivity index (χ1n) is 1.68. The molecule has 0 heterocycles. The van der Waals surface area contributed by atoms with Gasteiger partial charge in [-0.3, -0.25) is 0 Å². The van der Waals surface area contributed by atoms with Gasteiger partial charge < -0.3 is 0 Å². The van der Waals surface area contributed by atoms with Crippen LogP contribution in [0.4, 0.5) is 0 Å². The van der Waals surface area contributed by atoms with E-state index in [-0.39, 0.29) is 0 Å². The molecular weight excluding hydrogens is 372 g/mol. The summed E-state index contributed by atoms with van der Waals surface area (Å²) in [6.45, 7) is 6.69. The van der Waals surface area contributed by atoms with Crippen molar-refractivity contribution in [3.63, 3.8) is 0 Å². The van der Waals surface area contributed by atoms with Crippen LogP contribution in [0, 0.1) is 0 Å². The van der Waals surface area contributed by atoms with Crippen molar-refractivity contribution in [1.82, 2.24) is 0 Å². The molecule has 45 valence electrons. The van der Waals surface area contributed by atoms with Gasteiger partial charge in [-0.15, -0.1) is 7.92 Å². The van der Waals surface area contributed by atoms with Crippen LogP contribution < -0.4 is 0 Å². The molecule has 0 nitrogen and oxygen atoms in total. The fourth-order valence-corrected chi connectivity index (χ4v) is 0. The van der Waals surface area contributed by atoms with Crippen molar-refractivity contribution in [3.05, 3.63) is 0 Å². The first-order chi connectivity index (χ1) is 3.15. The molecule has 0 aromatic carbocycles. The molecule has 0 unspecified atom stereocenters. The van der Waals surface area contributed by atoms with E-state index in [1.54, 1.807) is 0 Å². The Balaban J connectivity index is 0. The van der Waals surface area contributed by atoms with Gasteiger partial charge in [-0.1, -0.05) is 0 Å². The van der Waals surface area contributed by atoms with E-state index in [1.165, 1.54) is 0 Å². The van der Waals surface area contributed by atoms with Crippen LogP contribution >= 0.6 is 47.9 Å². The Bertz CT molecular complexity index is 24.1. The van der Waals surface area contributed by atoms with E-state index < -0.39 is 0 Å². The van der Waals surface area contributed by atoms with Gasteiger partial charge in [0.1, 0.15) is 0 Å². The topological polar surface area (TPSA) is 0 Å². The zero-order valence-electron chi connectivity index (χ0n) is 4.65. The maximum absolute atomic E-state index is 2.37. The van der Waals surface area contributed by atoms with Crippen LogP contribution in [0.1, 0.15) is 0 Å². The van der Waals surface area contributed by atoms with Gasteiger partial charge in [-0.2, -0.15) is 0 Å². The fourth-order valence-electron chi connectivity index (χ4n) is 0. The van der Waals surface area contributed by atoms with E-state index in [0.29, 0.717) is 17.4 Å². The summed E-state index contributed by atoms with van der Waals surface area (Å²) < 4.78 is 0. The number of halogens is 2. The van der Waals surface area contributed by atoms with Crippen LogP contribution in [-0.4, -0.2) is 20.0 Å². The third-order valence-corrected chi connectivity index (χ3v) is 0. The van der Waals surface area contributed by atoms with E-state index in [1.807, 2.05) is 0 Å². The minimum atomic E-state index is 0.380. The molecule has 0 amide bonds. The second-order valence-electron chi connectivity index (χ2n) is 1.41. The van der Waals surface area contributed by atoms with Crippen molar-refractivity contribution in [3.8, 4) is 0 Å². The summed E-state index contributed by atoms with van der Waals surface area (Å²) in [4.78, 5) is 0. The molecule has 4 heteroatoms. The van der Waals surface area contributed by atoms with Gasteiger partial charge in [0, 0.05) is 0 Å². The Morgan fingerprint density at radius 2 is 1.14 bits per heavy atom. The molecule has 0 atom stereocenters. The Labute approximate surface area is 76.2 Å². The molecule has 0 aliphatic carbocycles. The van der Waals surface area contributed by atoms with Crippen LogP contribution in [0.15, 0.2) is 0 Å². The third kappa shape index (κ3) is 58.0. The molecule has 0 aliphatic rings. The first kappa shape index (κ1) is 12.2. The quantitative estimate of drug-likeness (QED) is 0.447. The van der Waals surface area contributed by atoms with Crippen molar-refractivity contribution in [1.29, 1.82) is 0 Å². The van der Waals surface area contributed by atoms with Gasteiger partial charge in [0.15, 0.2) is 0 Å². The normalized spacial score (nSPS) is 7.14. The molecule has 0 saturated heterocycles. The molecule has 0 fully saturated rings.